The number of rotatable bonds is 4. The summed E-state index contributed by atoms with van der Waals surface area (Å²) in [6.07, 6.45) is 6.49. The largest absolute Gasteiger partial charge is 0.493 e. The molecule has 1 amide bonds. The second kappa shape index (κ2) is 6.64. The van der Waals surface area contributed by atoms with Crippen molar-refractivity contribution in [2.75, 3.05) is 20.8 Å². The molecule has 23 heavy (non-hydrogen) atoms. The first-order valence-corrected chi connectivity index (χ1v) is 7.53. The number of benzene rings is 1. The van der Waals surface area contributed by atoms with Crippen LogP contribution in [-0.4, -0.2) is 41.5 Å². The van der Waals surface area contributed by atoms with E-state index in [-0.39, 0.29) is 11.9 Å². The van der Waals surface area contributed by atoms with Crippen LogP contribution in [0.2, 0.25) is 0 Å². The molecule has 6 heteroatoms. The highest BCUT2D eigenvalue weighted by Gasteiger charge is 2.31. The first kappa shape index (κ1) is 15.3. The first-order chi connectivity index (χ1) is 11.2. The van der Waals surface area contributed by atoms with E-state index in [0.717, 1.165) is 18.4 Å². The molecule has 0 saturated carbocycles. The van der Waals surface area contributed by atoms with E-state index in [1.807, 2.05) is 23.1 Å². The van der Waals surface area contributed by atoms with Gasteiger partial charge in [-0.3, -0.25) is 9.78 Å². The molecule has 0 spiro atoms. The van der Waals surface area contributed by atoms with Crippen LogP contribution in [0.1, 0.15) is 34.9 Å². The van der Waals surface area contributed by atoms with Crippen LogP contribution < -0.4 is 9.47 Å². The highest BCUT2D eigenvalue weighted by molar-refractivity contribution is 5.92. The Morgan fingerprint density at radius 3 is 2.74 bits per heavy atom. The number of nitrogens with zero attached hydrogens (tertiary/aromatic N) is 3. The summed E-state index contributed by atoms with van der Waals surface area (Å²) in [5.74, 6) is 1.26. The first-order valence-electron chi connectivity index (χ1n) is 7.53. The molecule has 1 fully saturated rings. The number of ether oxygens (including phenoxy) is 2. The smallest absolute Gasteiger partial charge is 0.274 e. The standard InChI is InChI=1S/C17H19N3O3/c1-22-15-6-5-12(10-16(15)23-2)14-4-3-9-20(14)17(21)13-11-18-7-8-19-13/h5-8,10-11,14H,3-4,9H2,1-2H3/t14-/m0/s1. The molecule has 0 bridgehead atoms. The van der Waals surface area contributed by atoms with E-state index >= 15 is 0 Å². The van der Waals surface area contributed by atoms with Crippen LogP contribution in [0.5, 0.6) is 11.5 Å². The highest BCUT2D eigenvalue weighted by Crippen LogP contribution is 2.37. The van der Waals surface area contributed by atoms with E-state index in [1.165, 1.54) is 12.4 Å². The third-order valence-corrected chi connectivity index (χ3v) is 4.09. The lowest BCUT2D eigenvalue weighted by Crippen LogP contribution is -2.31. The molecule has 2 heterocycles. The summed E-state index contributed by atoms with van der Waals surface area (Å²) < 4.78 is 10.6. The van der Waals surface area contributed by atoms with Gasteiger partial charge in [-0.05, 0) is 30.5 Å². The van der Waals surface area contributed by atoms with Crippen molar-refractivity contribution >= 4 is 5.91 Å². The average Bonchev–Trinajstić information content (AvgIpc) is 3.10. The fourth-order valence-corrected chi connectivity index (χ4v) is 2.97. The molecule has 0 N–H and O–H groups in total. The molecule has 1 atom stereocenters. The summed E-state index contributed by atoms with van der Waals surface area (Å²) in [6.45, 7) is 0.717. The summed E-state index contributed by atoms with van der Waals surface area (Å²) >= 11 is 0. The lowest BCUT2D eigenvalue weighted by Gasteiger charge is -2.25. The highest BCUT2D eigenvalue weighted by atomic mass is 16.5. The summed E-state index contributed by atoms with van der Waals surface area (Å²) in [4.78, 5) is 22.6. The van der Waals surface area contributed by atoms with Crippen LogP contribution in [0.25, 0.3) is 0 Å². The summed E-state index contributed by atoms with van der Waals surface area (Å²) in [5, 5.41) is 0. The van der Waals surface area contributed by atoms with Crippen molar-refractivity contribution in [3.05, 3.63) is 48.0 Å². The molecule has 0 aliphatic carbocycles. The number of carbonyl (C=O) groups excluding carboxylic acids is 1. The van der Waals surface area contributed by atoms with Crippen LogP contribution >= 0.6 is 0 Å². The van der Waals surface area contributed by atoms with E-state index in [4.69, 9.17) is 9.47 Å². The SMILES string of the molecule is COc1ccc([C@@H]2CCCN2C(=O)c2cnccn2)cc1OC. The Kier molecular flexibility index (Phi) is 4.41. The second-order valence-electron chi connectivity index (χ2n) is 5.36. The summed E-state index contributed by atoms with van der Waals surface area (Å²) in [5.41, 5.74) is 1.41. The molecule has 1 saturated heterocycles. The van der Waals surface area contributed by atoms with Crippen molar-refractivity contribution in [2.24, 2.45) is 0 Å². The molecular formula is C17H19N3O3. The molecule has 1 aliphatic heterocycles. The minimum atomic E-state index is -0.0876. The topological polar surface area (TPSA) is 64.5 Å². The number of hydrogen-bond donors (Lipinski definition) is 0. The predicted octanol–water partition coefficient (Wildman–Crippen LogP) is 2.47. The zero-order valence-corrected chi connectivity index (χ0v) is 13.2. The summed E-state index contributed by atoms with van der Waals surface area (Å²) in [6, 6.07) is 5.81. The van der Waals surface area contributed by atoms with E-state index in [2.05, 4.69) is 9.97 Å². The van der Waals surface area contributed by atoms with E-state index in [0.29, 0.717) is 23.7 Å². The minimum absolute atomic E-state index is 0.0179. The van der Waals surface area contributed by atoms with Gasteiger partial charge in [0.25, 0.3) is 5.91 Å². The maximum atomic E-state index is 12.7. The van der Waals surface area contributed by atoms with Gasteiger partial charge in [-0.2, -0.15) is 0 Å². The Morgan fingerprint density at radius 1 is 1.22 bits per heavy atom. The predicted molar refractivity (Wildman–Crippen MR) is 84.6 cm³/mol. The average molecular weight is 313 g/mol. The number of aromatic nitrogens is 2. The van der Waals surface area contributed by atoms with Crippen molar-refractivity contribution in [1.82, 2.24) is 14.9 Å². The Balaban J connectivity index is 1.88. The number of hydrogen-bond acceptors (Lipinski definition) is 5. The Labute approximate surface area is 135 Å². The number of carbonyl (C=O) groups is 1. The zero-order chi connectivity index (χ0) is 16.2. The van der Waals surface area contributed by atoms with E-state index < -0.39 is 0 Å². The maximum absolute atomic E-state index is 12.7. The lowest BCUT2D eigenvalue weighted by atomic mass is 10.0. The van der Waals surface area contributed by atoms with Crippen molar-refractivity contribution in [3.63, 3.8) is 0 Å². The Hall–Kier alpha value is -2.63. The van der Waals surface area contributed by atoms with Gasteiger partial charge in [0.2, 0.25) is 0 Å². The molecule has 1 aliphatic rings. The van der Waals surface area contributed by atoms with Gasteiger partial charge >= 0.3 is 0 Å². The van der Waals surface area contributed by atoms with Gasteiger partial charge in [-0.25, -0.2) is 4.98 Å². The molecular weight excluding hydrogens is 294 g/mol. The van der Waals surface area contributed by atoms with Gasteiger partial charge in [0.1, 0.15) is 5.69 Å². The molecule has 0 unspecified atom stereocenters. The van der Waals surface area contributed by atoms with Gasteiger partial charge in [0.15, 0.2) is 11.5 Å². The second-order valence-corrected chi connectivity index (χ2v) is 5.36. The lowest BCUT2D eigenvalue weighted by molar-refractivity contribution is 0.0729. The third kappa shape index (κ3) is 2.97. The number of methoxy groups -OCH3 is 2. The Morgan fingerprint density at radius 2 is 2.04 bits per heavy atom. The van der Waals surface area contributed by atoms with Crippen LogP contribution in [0.3, 0.4) is 0 Å². The van der Waals surface area contributed by atoms with Gasteiger partial charge < -0.3 is 14.4 Å². The van der Waals surface area contributed by atoms with Crippen molar-refractivity contribution in [3.8, 4) is 11.5 Å². The maximum Gasteiger partial charge on any atom is 0.274 e. The minimum Gasteiger partial charge on any atom is -0.493 e. The van der Waals surface area contributed by atoms with Gasteiger partial charge in [-0.1, -0.05) is 6.07 Å². The van der Waals surface area contributed by atoms with Crippen molar-refractivity contribution in [1.29, 1.82) is 0 Å². The fraction of sp³-hybridized carbons (Fsp3) is 0.353. The number of likely N-dealkylation sites (tertiary alicyclic amines) is 1. The molecule has 1 aromatic carbocycles. The molecule has 6 nitrogen and oxygen atoms in total. The van der Waals surface area contributed by atoms with Crippen molar-refractivity contribution < 1.29 is 14.3 Å². The fourth-order valence-electron chi connectivity index (χ4n) is 2.97. The molecule has 0 radical (unpaired) electrons. The normalized spacial score (nSPS) is 17.1. The zero-order valence-electron chi connectivity index (χ0n) is 13.2. The van der Waals surface area contributed by atoms with E-state index in [1.54, 1.807) is 20.4 Å². The molecule has 2 aromatic rings. The third-order valence-electron chi connectivity index (χ3n) is 4.09. The van der Waals surface area contributed by atoms with Crippen LogP contribution in [0.15, 0.2) is 36.8 Å². The number of amides is 1. The van der Waals surface area contributed by atoms with Gasteiger partial charge in [0.05, 0.1) is 26.5 Å². The van der Waals surface area contributed by atoms with Crippen molar-refractivity contribution in [2.45, 2.75) is 18.9 Å². The molecule has 120 valence electrons. The van der Waals surface area contributed by atoms with Crippen LogP contribution in [0.4, 0.5) is 0 Å². The monoisotopic (exact) mass is 313 g/mol. The van der Waals surface area contributed by atoms with Gasteiger partial charge in [-0.15, -0.1) is 0 Å². The van der Waals surface area contributed by atoms with Crippen LogP contribution in [0, 0.1) is 0 Å². The quantitative estimate of drug-likeness (QED) is 0.867. The summed E-state index contributed by atoms with van der Waals surface area (Å²) in [7, 11) is 3.22. The molecule has 3 rings (SSSR count). The van der Waals surface area contributed by atoms with Crippen LogP contribution in [-0.2, 0) is 0 Å². The van der Waals surface area contributed by atoms with E-state index in [9.17, 15) is 4.79 Å². The Bertz CT molecular complexity index is 691. The van der Waals surface area contributed by atoms with Gasteiger partial charge in [0, 0.05) is 18.9 Å². The molecule has 1 aromatic heterocycles.